The summed E-state index contributed by atoms with van der Waals surface area (Å²) >= 11 is 0. The lowest BCUT2D eigenvalue weighted by molar-refractivity contribution is 0.0278. The van der Waals surface area contributed by atoms with E-state index in [9.17, 15) is 9.59 Å². The number of nitrogens with zero attached hydrogens (tertiary/aromatic N) is 3. The highest BCUT2D eigenvalue weighted by Gasteiger charge is 2.58. The Labute approximate surface area is 182 Å². The summed E-state index contributed by atoms with van der Waals surface area (Å²) in [6.45, 7) is 5.90. The average molecular weight is 412 g/mol. The molecule has 0 bridgehead atoms. The first kappa shape index (κ1) is 19.8. The van der Waals surface area contributed by atoms with Crippen molar-refractivity contribution < 1.29 is 9.59 Å². The number of aromatic nitrogens is 1. The molecule has 3 aromatic rings. The van der Waals surface area contributed by atoms with Gasteiger partial charge in [0.1, 0.15) is 0 Å². The van der Waals surface area contributed by atoms with Crippen LogP contribution < -0.4 is 0 Å². The molecule has 156 valence electrons. The van der Waals surface area contributed by atoms with Crippen LogP contribution in [0.3, 0.4) is 0 Å². The minimum absolute atomic E-state index is 0.131. The Balaban J connectivity index is 1.46. The van der Waals surface area contributed by atoms with Crippen molar-refractivity contribution in [3.63, 3.8) is 0 Å². The molecule has 2 aromatic carbocycles. The van der Waals surface area contributed by atoms with Crippen LogP contribution in [0.5, 0.6) is 0 Å². The van der Waals surface area contributed by atoms with Crippen molar-refractivity contribution in [3.05, 3.63) is 101 Å². The molecule has 0 unspecified atom stereocenters. The summed E-state index contributed by atoms with van der Waals surface area (Å²) in [4.78, 5) is 36.2. The van der Waals surface area contributed by atoms with Gasteiger partial charge in [0.15, 0.2) is 17.1 Å². The van der Waals surface area contributed by atoms with Gasteiger partial charge in [0.2, 0.25) is 0 Å². The lowest BCUT2D eigenvalue weighted by Gasteiger charge is -2.44. The normalized spacial score (nSPS) is 18.9. The molecule has 1 aliphatic heterocycles. The van der Waals surface area contributed by atoms with Crippen LogP contribution in [0.25, 0.3) is 0 Å². The van der Waals surface area contributed by atoms with E-state index >= 15 is 0 Å². The summed E-state index contributed by atoms with van der Waals surface area (Å²) in [5.74, 6) is -0.262. The van der Waals surface area contributed by atoms with E-state index in [4.69, 9.17) is 0 Å². The number of piperazine rings is 1. The number of hydrogen-bond donors (Lipinski definition) is 0. The van der Waals surface area contributed by atoms with Crippen molar-refractivity contribution in [2.75, 3.05) is 26.2 Å². The molecule has 0 atom stereocenters. The van der Waals surface area contributed by atoms with Gasteiger partial charge in [-0.1, -0.05) is 54.6 Å². The Morgan fingerprint density at radius 1 is 0.839 bits per heavy atom. The molecule has 5 rings (SSSR count). The van der Waals surface area contributed by atoms with Gasteiger partial charge in [-0.25, -0.2) is 0 Å². The Morgan fingerprint density at radius 2 is 1.48 bits per heavy atom. The highest BCUT2D eigenvalue weighted by atomic mass is 16.2. The van der Waals surface area contributed by atoms with Crippen LogP contribution in [0, 0.1) is 6.92 Å². The monoisotopic (exact) mass is 411 g/mol. The second kappa shape index (κ2) is 7.84. The fraction of sp³-hybridized carbons (Fsp3) is 0.269. The zero-order valence-corrected chi connectivity index (χ0v) is 17.6. The summed E-state index contributed by atoms with van der Waals surface area (Å²) in [5.41, 5.74) is 2.98. The van der Waals surface area contributed by atoms with Crippen LogP contribution in [0.1, 0.15) is 37.4 Å². The molecular formula is C26H25N3O2. The summed E-state index contributed by atoms with van der Waals surface area (Å²) in [6, 6.07) is 19.3. The highest BCUT2D eigenvalue weighted by molar-refractivity contribution is 6.32. The molecule has 2 heterocycles. The maximum Gasteiger partial charge on any atom is 0.196 e. The molecule has 0 N–H and O–H groups in total. The first-order valence-corrected chi connectivity index (χ1v) is 10.7. The molecule has 31 heavy (non-hydrogen) atoms. The lowest BCUT2D eigenvalue weighted by atomic mass is 9.83. The third-order valence-electron chi connectivity index (χ3n) is 6.65. The molecule has 0 spiro atoms. The standard InChI is InChI=1S/C26H25N3O2/c1-19-7-2-3-8-20(19)18-28-13-15-29(16-14-28)26(21-9-6-12-27-17-21)24(30)22-10-4-5-11-23(22)25(26)31/h2-12,17H,13-16,18H2,1H3. The van der Waals surface area contributed by atoms with E-state index in [2.05, 4.69) is 46.0 Å². The Morgan fingerprint density at radius 3 is 2.10 bits per heavy atom. The summed E-state index contributed by atoms with van der Waals surface area (Å²) in [5, 5.41) is 0. The summed E-state index contributed by atoms with van der Waals surface area (Å²) < 4.78 is 0. The maximum absolute atomic E-state index is 13.7. The fourth-order valence-electron chi connectivity index (χ4n) is 4.95. The van der Waals surface area contributed by atoms with Crippen LogP contribution in [-0.4, -0.2) is 52.5 Å². The third-order valence-corrected chi connectivity index (χ3v) is 6.65. The van der Waals surface area contributed by atoms with Crippen LogP contribution in [-0.2, 0) is 12.1 Å². The van der Waals surface area contributed by atoms with Gasteiger partial charge in [-0.2, -0.15) is 0 Å². The first-order chi connectivity index (χ1) is 15.1. The topological polar surface area (TPSA) is 53.5 Å². The molecule has 5 nitrogen and oxygen atoms in total. The van der Waals surface area contributed by atoms with Crippen LogP contribution in [0.15, 0.2) is 73.1 Å². The number of carbonyl (C=O) groups is 2. The van der Waals surface area contributed by atoms with Gasteiger partial charge in [-0.05, 0) is 24.1 Å². The molecule has 0 saturated carbocycles. The van der Waals surface area contributed by atoms with E-state index in [1.165, 1.54) is 11.1 Å². The minimum atomic E-state index is -1.31. The zero-order valence-electron chi connectivity index (χ0n) is 17.6. The third kappa shape index (κ3) is 3.12. The lowest BCUT2D eigenvalue weighted by Crippen LogP contribution is -2.60. The van der Waals surface area contributed by atoms with E-state index in [0.29, 0.717) is 29.8 Å². The van der Waals surface area contributed by atoms with Crippen molar-refractivity contribution in [1.29, 1.82) is 0 Å². The highest BCUT2D eigenvalue weighted by Crippen LogP contribution is 2.42. The van der Waals surface area contributed by atoms with E-state index in [1.54, 1.807) is 30.6 Å². The second-order valence-electron chi connectivity index (χ2n) is 8.35. The SMILES string of the molecule is Cc1ccccc1CN1CCN(C2(c3cccnc3)C(=O)c3ccccc3C2=O)CC1. The summed E-state index contributed by atoms with van der Waals surface area (Å²) in [7, 11) is 0. The van der Waals surface area contributed by atoms with Crippen molar-refractivity contribution in [2.24, 2.45) is 0 Å². The molecule has 1 aliphatic carbocycles. The molecule has 5 heteroatoms. The molecule has 1 fully saturated rings. The van der Waals surface area contributed by atoms with E-state index in [0.717, 1.165) is 19.6 Å². The van der Waals surface area contributed by atoms with Crippen LogP contribution in [0.2, 0.25) is 0 Å². The fourth-order valence-corrected chi connectivity index (χ4v) is 4.95. The Hall–Kier alpha value is -3.15. The number of ketones is 2. The van der Waals surface area contributed by atoms with Gasteiger partial charge in [0, 0.05) is 61.8 Å². The summed E-state index contributed by atoms with van der Waals surface area (Å²) in [6.07, 6.45) is 3.34. The van der Waals surface area contributed by atoms with Crippen molar-refractivity contribution in [1.82, 2.24) is 14.8 Å². The number of pyridine rings is 1. The van der Waals surface area contributed by atoms with Gasteiger partial charge in [0.25, 0.3) is 0 Å². The number of carbonyl (C=O) groups excluding carboxylic acids is 2. The smallest absolute Gasteiger partial charge is 0.196 e. The van der Waals surface area contributed by atoms with Crippen molar-refractivity contribution in [3.8, 4) is 0 Å². The van der Waals surface area contributed by atoms with Gasteiger partial charge < -0.3 is 0 Å². The first-order valence-electron chi connectivity index (χ1n) is 10.7. The molecule has 0 amide bonds. The van der Waals surface area contributed by atoms with Crippen molar-refractivity contribution in [2.45, 2.75) is 19.0 Å². The average Bonchev–Trinajstić information content (AvgIpc) is 3.04. The predicted molar refractivity (Wildman–Crippen MR) is 119 cm³/mol. The predicted octanol–water partition coefficient (Wildman–Crippen LogP) is 3.48. The van der Waals surface area contributed by atoms with Crippen LogP contribution >= 0.6 is 0 Å². The van der Waals surface area contributed by atoms with E-state index in [-0.39, 0.29) is 11.6 Å². The number of fused-ring (bicyclic) bond motifs is 1. The van der Waals surface area contributed by atoms with Gasteiger partial charge in [-0.3, -0.25) is 24.4 Å². The zero-order chi connectivity index (χ0) is 21.4. The Kier molecular flexibility index (Phi) is 5.00. The van der Waals surface area contributed by atoms with Crippen molar-refractivity contribution >= 4 is 11.6 Å². The second-order valence-corrected chi connectivity index (χ2v) is 8.35. The number of Topliss-reactive ketones (excluding diaryl/α,β-unsaturated/α-hetero) is 2. The van der Waals surface area contributed by atoms with E-state index < -0.39 is 5.54 Å². The molecule has 1 aromatic heterocycles. The maximum atomic E-state index is 13.7. The minimum Gasteiger partial charge on any atom is -0.297 e. The Bertz CT molecular complexity index is 1100. The van der Waals surface area contributed by atoms with Gasteiger partial charge in [0.05, 0.1) is 0 Å². The number of hydrogen-bond acceptors (Lipinski definition) is 5. The molecule has 2 aliphatic rings. The molecule has 1 saturated heterocycles. The molecular weight excluding hydrogens is 386 g/mol. The quantitative estimate of drug-likeness (QED) is 0.616. The van der Waals surface area contributed by atoms with E-state index in [1.807, 2.05) is 18.2 Å². The largest absolute Gasteiger partial charge is 0.297 e. The number of aryl methyl sites for hydroxylation is 1. The molecule has 0 radical (unpaired) electrons. The van der Waals surface area contributed by atoms with Gasteiger partial charge in [-0.15, -0.1) is 0 Å². The van der Waals surface area contributed by atoms with Gasteiger partial charge >= 0.3 is 0 Å². The van der Waals surface area contributed by atoms with Crippen LogP contribution in [0.4, 0.5) is 0 Å². The number of rotatable bonds is 4. The number of benzene rings is 2.